The van der Waals surface area contributed by atoms with E-state index >= 15 is 0 Å². The summed E-state index contributed by atoms with van der Waals surface area (Å²) in [6, 6.07) is 1.01. The quantitative estimate of drug-likeness (QED) is 0.847. The first-order valence-corrected chi connectivity index (χ1v) is 7.65. The minimum absolute atomic E-state index is 0. The van der Waals surface area contributed by atoms with Crippen LogP contribution in [0.25, 0.3) is 0 Å². The first-order valence-electron chi connectivity index (χ1n) is 7.65. The number of carbonyl (C=O) groups is 1. The summed E-state index contributed by atoms with van der Waals surface area (Å²) in [6.45, 7) is 11.9. The largest absolute Gasteiger partial charge is 0.337 e. The number of rotatable bonds is 5. The predicted molar refractivity (Wildman–Crippen MR) is 87.2 cm³/mol. The lowest BCUT2D eigenvalue weighted by Crippen LogP contribution is -2.54. The van der Waals surface area contributed by atoms with E-state index in [2.05, 4.69) is 39.5 Å². The molecule has 4 nitrogen and oxygen atoms in total. The lowest BCUT2D eigenvalue weighted by Gasteiger charge is -2.40. The highest BCUT2D eigenvalue weighted by atomic mass is 35.5. The summed E-state index contributed by atoms with van der Waals surface area (Å²) in [4.78, 5) is 16.8. The molecule has 0 saturated carbocycles. The van der Waals surface area contributed by atoms with Gasteiger partial charge in [-0.1, -0.05) is 6.42 Å². The Morgan fingerprint density at radius 2 is 1.75 bits per heavy atom. The molecular formula is C15H32ClN3O. The topological polar surface area (TPSA) is 49.6 Å². The molecule has 2 N–H and O–H groups in total. The average Bonchev–Trinajstić information content (AvgIpc) is 2.27. The van der Waals surface area contributed by atoms with Crippen molar-refractivity contribution in [3.63, 3.8) is 0 Å². The van der Waals surface area contributed by atoms with Crippen LogP contribution in [0, 0.1) is 0 Å². The van der Waals surface area contributed by atoms with Gasteiger partial charge in [-0.2, -0.15) is 0 Å². The summed E-state index contributed by atoms with van der Waals surface area (Å²) >= 11 is 0. The van der Waals surface area contributed by atoms with Crippen molar-refractivity contribution in [3.05, 3.63) is 0 Å². The van der Waals surface area contributed by atoms with Crippen molar-refractivity contribution in [2.45, 2.75) is 78.0 Å². The Bertz CT molecular complexity index is 287. The molecular weight excluding hydrogens is 274 g/mol. The van der Waals surface area contributed by atoms with Crippen LogP contribution >= 0.6 is 12.4 Å². The van der Waals surface area contributed by atoms with Crippen LogP contribution in [0.4, 0.5) is 0 Å². The zero-order chi connectivity index (χ0) is 14.6. The molecule has 1 saturated heterocycles. The minimum atomic E-state index is 0. The van der Waals surface area contributed by atoms with E-state index in [4.69, 9.17) is 5.73 Å². The van der Waals surface area contributed by atoms with Crippen LogP contribution in [-0.2, 0) is 4.79 Å². The normalized spacial score (nSPS) is 21.7. The fourth-order valence-corrected chi connectivity index (χ4v) is 3.24. The lowest BCUT2D eigenvalue weighted by atomic mass is 9.97. The standard InChI is InChI=1S/C15H31N3O.ClH/c1-11(2)18(12(3)4)15(19)10-17-9-7-6-8-14(17)13(5)16;/h11-14H,6-10,16H2,1-5H3;1H. The predicted octanol–water partition coefficient (Wildman–Crippen LogP) is 2.26. The molecule has 1 amide bonds. The van der Waals surface area contributed by atoms with Gasteiger partial charge >= 0.3 is 0 Å². The molecule has 2 atom stereocenters. The number of nitrogens with zero attached hydrogens (tertiary/aromatic N) is 2. The van der Waals surface area contributed by atoms with Crippen LogP contribution in [-0.4, -0.2) is 53.0 Å². The van der Waals surface area contributed by atoms with Crippen molar-refractivity contribution in [1.82, 2.24) is 9.80 Å². The Morgan fingerprint density at radius 1 is 1.20 bits per heavy atom. The van der Waals surface area contributed by atoms with E-state index in [1.165, 1.54) is 12.8 Å². The number of hydrogen-bond acceptors (Lipinski definition) is 3. The molecule has 0 bridgehead atoms. The summed E-state index contributed by atoms with van der Waals surface area (Å²) in [7, 11) is 0. The third kappa shape index (κ3) is 5.23. The molecule has 1 fully saturated rings. The van der Waals surface area contributed by atoms with Crippen molar-refractivity contribution in [2.24, 2.45) is 5.73 Å². The fourth-order valence-electron chi connectivity index (χ4n) is 3.24. The highest BCUT2D eigenvalue weighted by Crippen LogP contribution is 2.19. The van der Waals surface area contributed by atoms with Gasteiger partial charge in [0.15, 0.2) is 0 Å². The van der Waals surface area contributed by atoms with E-state index in [-0.39, 0.29) is 36.4 Å². The van der Waals surface area contributed by atoms with E-state index in [9.17, 15) is 4.79 Å². The Labute approximate surface area is 130 Å². The van der Waals surface area contributed by atoms with E-state index in [1.54, 1.807) is 0 Å². The van der Waals surface area contributed by atoms with E-state index in [1.807, 2.05) is 4.90 Å². The molecule has 2 unspecified atom stereocenters. The third-order valence-electron chi connectivity index (χ3n) is 4.01. The molecule has 1 heterocycles. The Hall–Kier alpha value is -0.320. The molecule has 0 aromatic heterocycles. The van der Waals surface area contributed by atoms with Crippen LogP contribution in [0.1, 0.15) is 53.9 Å². The maximum Gasteiger partial charge on any atom is 0.237 e. The number of nitrogens with two attached hydrogens (primary N) is 1. The fraction of sp³-hybridized carbons (Fsp3) is 0.933. The van der Waals surface area contributed by atoms with Crippen molar-refractivity contribution in [1.29, 1.82) is 0 Å². The number of likely N-dealkylation sites (tertiary alicyclic amines) is 1. The Balaban J connectivity index is 0.00000361. The maximum atomic E-state index is 12.5. The second kappa shape index (κ2) is 8.85. The zero-order valence-corrected chi connectivity index (χ0v) is 14.4. The third-order valence-corrected chi connectivity index (χ3v) is 4.01. The van der Waals surface area contributed by atoms with E-state index < -0.39 is 0 Å². The zero-order valence-electron chi connectivity index (χ0n) is 13.6. The average molecular weight is 306 g/mol. The van der Waals surface area contributed by atoms with Gasteiger partial charge in [0.1, 0.15) is 0 Å². The van der Waals surface area contributed by atoms with Crippen molar-refractivity contribution in [3.8, 4) is 0 Å². The molecule has 0 spiro atoms. The first kappa shape index (κ1) is 19.7. The minimum Gasteiger partial charge on any atom is -0.337 e. The Morgan fingerprint density at radius 3 is 2.20 bits per heavy atom. The molecule has 1 rings (SSSR count). The highest BCUT2D eigenvalue weighted by Gasteiger charge is 2.29. The smallest absolute Gasteiger partial charge is 0.237 e. The van der Waals surface area contributed by atoms with Crippen LogP contribution in [0.15, 0.2) is 0 Å². The van der Waals surface area contributed by atoms with Crippen LogP contribution in [0.5, 0.6) is 0 Å². The van der Waals surface area contributed by atoms with Gasteiger partial charge in [-0.3, -0.25) is 9.69 Å². The molecule has 0 aromatic carbocycles. The summed E-state index contributed by atoms with van der Waals surface area (Å²) in [6.07, 6.45) is 3.53. The van der Waals surface area contributed by atoms with Gasteiger partial charge in [-0.25, -0.2) is 0 Å². The molecule has 0 radical (unpaired) electrons. The number of halogens is 1. The second-order valence-electron chi connectivity index (χ2n) is 6.38. The second-order valence-corrected chi connectivity index (χ2v) is 6.38. The monoisotopic (exact) mass is 305 g/mol. The SMILES string of the molecule is CC(N)C1CCCCN1CC(=O)N(C(C)C)C(C)C.Cl. The van der Waals surface area contributed by atoms with Crippen molar-refractivity contribution < 1.29 is 4.79 Å². The highest BCUT2D eigenvalue weighted by molar-refractivity contribution is 5.85. The summed E-state index contributed by atoms with van der Waals surface area (Å²) in [5, 5.41) is 0. The van der Waals surface area contributed by atoms with Gasteiger partial charge in [0.05, 0.1) is 6.54 Å². The lowest BCUT2D eigenvalue weighted by molar-refractivity contribution is -0.137. The number of hydrogen-bond donors (Lipinski definition) is 1. The van der Waals surface area contributed by atoms with Gasteiger partial charge in [0.2, 0.25) is 5.91 Å². The summed E-state index contributed by atoms with van der Waals surface area (Å²) in [5.74, 6) is 0.234. The number of amides is 1. The molecule has 20 heavy (non-hydrogen) atoms. The number of piperidine rings is 1. The molecule has 1 aliphatic rings. The molecule has 120 valence electrons. The van der Waals surface area contributed by atoms with Gasteiger partial charge in [0.25, 0.3) is 0 Å². The van der Waals surface area contributed by atoms with E-state index in [0.717, 1.165) is 13.0 Å². The summed E-state index contributed by atoms with van der Waals surface area (Å²) < 4.78 is 0. The molecule has 0 aliphatic carbocycles. The molecule has 0 aromatic rings. The van der Waals surface area contributed by atoms with Gasteiger partial charge < -0.3 is 10.6 Å². The molecule has 5 heteroatoms. The Kier molecular flexibility index (Phi) is 8.71. The maximum absolute atomic E-state index is 12.5. The van der Waals surface area contributed by atoms with Crippen LogP contribution < -0.4 is 5.73 Å². The van der Waals surface area contributed by atoms with Gasteiger partial charge in [-0.15, -0.1) is 12.4 Å². The van der Waals surface area contributed by atoms with E-state index in [0.29, 0.717) is 12.6 Å². The van der Waals surface area contributed by atoms with Gasteiger partial charge in [0, 0.05) is 24.2 Å². The molecule has 1 aliphatic heterocycles. The van der Waals surface area contributed by atoms with Crippen molar-refractivity contribution in [2.75, 3.05) is 13.1 Å². The van der Waals surface area contributed by atoms with Crippen molar-refractivity contribution >= 4 is 18.3 Å². The summed E-state index contributed by atoms with van der Waals surface area (Å²) in [5.41, 5.74) is 6.06. The first-order chi connectivity index (χ1) is 8.84. The van der Waals surface area contributed by atoms with Gasteiger partial charge in [-0.05, 0) is 54.0 Å². The number of carbonyl (C=O) groups excluding carboxylic acids is 1. The van der Waals surface area contributed by atoms with Crippen LogP contribution in [0.3, 0.4) is 0 Å². The van der Waals surface area contributed by atoms with Crippen LogP contribution in [0.2, 0.25) is 0 Å².